The number of thioether (sulfide) groups is 1. The molecule has 3 aromatic rings. The standard InChI is InChI=1S/C21H21ClN2O2S.CH5N/c1-27-21(25)17-5-10-19(11-6-17)26-20(14-24-13-12-23-15-24)9-4-16-2-7-18(22)8-3-16;1-2/h2-3,5-8,10-13,15,20H,4,9,14H2,1H3;2H2,1H3. The number of hydrogen-bond acceptors (Lipinski definition) is 5. The molecular weight excluding hydrogens is 406 g/mol. The van der Waals surface area contributed by atoms with Gasteiger partial charge in [-0.1, -0.05) is 35.5 Å². The van der Waals surface area contributed by atoms with Gasteiger partial charge in [-0.2, -0.15) is 0 Å². The molecule has 29 heavy (non-hydrogen) atoms. The minimum Gasteiger partial charge on any atom is -0.489 e. The zero-order chi connectivity index (χ0) is 21.1. The first-order valence-electron chi connectivity index (χ1n) is 9.27. The van der Waals surface area contributed by atoms with E-state index in [4.69, 9.17) is 16.3 Å². The molecule has 2 N–H and O–H groups in total. The Morgan fingerprint density at radius 2 is 1.86 bits per heavy atom. The molecule has 0 saturated carbocycles. The van der Waals surface area contributed by atoms with Crippen molar-refractivity contribution in [2.24, 2.45) is 5.73 Å². The monoisotopic (exact) mass is 431 g/mol. The third-order valence-electron chi connectivity index (χ3n) is 4.22. The van der Waals surface area contributed by atoms with Gasteiger partial charge in [0.15, 0.2) is 0 Å². The molecule has 2 aromatic carbocycles. The molecule has 0 radical (unpaired) electrons. The Morgan fingerprint density at radius 3 is 2.45 bits per heavy atom. The fourth-order valence-corrected chi connectivity index (χ4v) is 3.27. The number of nitrogens with two attached hydrogens (primary N) is 1. The van der Waals surface area contributed by atoms with Gasteiger partial charge >= 0.3 is 0 Å². The number of halogens is 1. The summed E-state index contributed by atoms with van der Waals surface area (Å²) in [5.41, 5.74) is 6.40. The second kappa shape index (κ2) is 12.3. The summed E-state index contributed by atoms with van der Waals surface area (Å²) < 4.78 is 8.22. The van der Waals surface area contributed by atoms with Gasteiger partial charge < -0.3 is 15.0 Å². The van der Waals surface area contributed by atoms with Crippen LogP contribution in [0, 0.1) is 0 Å². The van der Waals surface area contributed by atoms with Crippen LogP contribution >= 0.6 is 23.4 Å². The van der Waals surface area contributed by atoms with E-state index in [1.165, 1.54) is 24.4 Å². The highest BCUT2D eigenvalue weighted by Crippen LogP contribution is 2.20. The molecule has 0 aliphatic heterocycles. The van der Waals surface area contributed by atoms with Crippen molar-refractivity contribution in [2.75, 3.05) is 13.3 Å². The molecule has 3 rings (SSSR count). The molecule has 154 valence electrons. The molecule has 0 amide bonds. The average Bonchev–Trinajstić information content (AvgIpc) is 3.27. The lowest BCUT2D eigenvalue weighted by atomic mass is 10.1. The highest BCUT2D eigenvalue weighted by molar-refractivity contribution is 8.13. The van der Waals surface area contributed by atoms with Gasteiger partial charge in [-0.15, -0.1) is 0 Å². The molecule has 1 aromatic heterocycles. The fraction of sp³-hybridized carbons (Fsp3) is 0.273. The molecule has 0 fully saturated rings. The van der Waals surface area contributed by atoms with Crippen LogP contribution in [0.15, 0.2) is 67.3 Å². The molecule has 5 nitrogen and oxygen atoms in total. The topological polar surface area (TPSA) is 70.1 Å². The number of aromatic nitrogens is 2. The molecule has 0 bridgehead atoms. The Bertz CT molecular complexity index is 853. The average molecular weight is 432 g/mol. The first-order valence-corrected chi connectivity index (χ1v) is 10.9. The van der Waals surface area contributed by atoms with E-state index in [9.17, 15) is 4.79 Å². The largest absolute Gasteiger partial charge is 0.489 e. The van der Waals surface area contributed by atoms with Gasteiger partial charge in [0.1, 0.15) is 11.9 Å². The predicted octanol–water partition coefficient (Wildman–Crippen LogP) is 4.70. The zero-order valence-electron chi connectivity index (χ0n) is 16.6. The Kier molecular flexibility index (Phi) is 9.77. The summed E-state index contributed by atoms with van der Waals surface area (Å²) in [6, 6.07) is 15.2. The van der Waals surface area contributed by atoms with E-state index in [0.29, 0.717) is 12.1 Å². The quantitative estimate of drug-likeness (QED) is 0.560. The molecule has 0 spiro atoms. The van der Waals surface area contributed by atoms with E-state index >= 15 is 0 Å². The Balaban J connectivity index is 0.00000145. The Morgan fingerprint density at radius 1 is 1.17 bits per heavy atom. The maximum absolute atomic E-state index is 11.7. The number of carbonyl (C=O) groups excluding carboxylic acids is 1. The minimum atomic E-state index is -0.0167. The van der Waals surface area contributed by atoms with Crippen molar-refractivity contribution in [3.8, 4) is 5.75 Å². The van der Waals surface area contributed by atoms with Gasteiger partial charge in [-0.3, -0.25) is 4.79 Å². The lowest BCUT2D eigenvalue weighted by Gasteiger charge is -2.20. The third kappa shape index (κ3) is 7.57. The number of benzene rings is 2. The van der Waals surface area contributed by atoms with Crippen LogP contribution in [0.4, 0.5) is 0 Å². The normalized spacial score (nSPS) is 11.3. The molecule has 7 heteroatoms. The van der Waals surface area contributed by atoms with Gasteiger partial charge in [-0.25, -0.2) is 4.98 Å². The number of carbonyl (C=O) groups is 1. The number of rotatable bonds is 8. The van der Waals surface area contributed by atoms with E-state index < -0.39 is 0 Å². The number of ether oxygens (including phenoxy) is 1. The number of aryl methyl sites for hydroxylation is 1. The summed E-state index contributed by atoms with van der Waals surface area (Å²) in [5, 5.41) is 0.795. The van der Waals surface area contributed by atoms with Gasteiger partial charge in [0.2, 0.25) is 5.12 Å². The maximum Gasteiger partial charge on any atom is 0.219 e. The highest BCUT2D eigenvalue weighted by atomic mass is 35.5. The van der Waals surface area contributed by atoms with Crippen molar-refractivity contribution >= 4 is 28.5 Å². The maximum atomic E-state index is 11.7. The Hall–Kier alpha value is -2.28. The molecule has 0 aliphatic rings. The smallest absolute Gasteiger partial charge is 0.219 e. The molecule has 0 aliphatic carbocycles. The van der Waals surface area contributed by atoms with E-state index in [1.807, 2.05) is 59.3 Å². The predicted molar refractivity (Wildman–Crippen MR) is 121 cm³/mol. The van der Waals surface area contributed by atoms with E-state index in [0.717, 1.165) is 23.6 Å². The lowest BCUT2D eigenvalue weighted by Crippen LogP contribution is -2.23. The van der Waals surface area contributed by atoms with E-state index in [1.54, 1.807) is 18.8 Å². The van der Waals surface area contributed by atoms with E-state index in [2.05, 4.69) is 10.7 Å². The van der Waals surface area contributed by atoms with Crippen LogP contribution in [0.25, 0.3) is 0 Å². The van der Waals surface area contributed by atoms with Crippen LogP contribution < -0.4 is 10.5 Å². The van der Waals surface area contributed by atoms with Crippen LogP contribution in [-0.2, 0) is 13.0 Å². The SMILES string of the molecule is CN.CSC(=O)c1ccc(OC(CCc2ccc(Cl)cc2)Cn2ccnc2)cc1. The van der Waals surface area contributed by atoms with Gasteiger partial charge in [0.25, 0.3) is 0 Å². The van der Waals surface area contributed by atoms with E-state index in [-0.39, 0.29) is 11.2 Å². The number of imidazole rings is 1. The van der Waals surface area contributed by atoms with Crippen molar-refractivity contribution in [3.63, 3.8) is 0 Å². The molecule has 1 atom stereocenters. The summed E-state index contributed by atoms with van der Waals surface area (Å²) in [6.45, 7) is 0.707. The fourth-order valence-electron chi connectivity index (χ4n) is 2.78. The minimum absolute atomic E-state index is 0.0167. The summed E-state index contributed by atoms with van der Waals surface area (Å²) in [4.78, 5) is 15.8. The lowest BCUT2D eigenvalue weighted by molar-refractivity contribution is 0.108. The zero-order valence-corrected chi connectivity index (χ0v) is 18.2. The summed E-state index contributed by atoms with van der Waals surface area (Å²) in [7, 11) is 1.50. The van der Waals surface area contributed by atoms with Gasteiger partial charge in [-0.05, 0) is 68.1 Å². The summed E-state index contributed by atoms with van der Waals surface area (Å²) >= 11 is 7.17. The molecule has 0 saturated heterocycles. The van der Waals surface area contributed by atoms with Crippen LogP contribution in [0.2, 0.25) is 5.02 Å². The number of hydrogen-bond donors (Lipinski definition) is 1. The highest BCUT2D eigenvalue weighted by Gasteiger charge is 2.13. The second-order valence-corrected chi connectivity index (χ2v) is 7.40. The number of nitrogens with zero attached hydrogens (tertiary/aromatic N) is 2. The van der Waals surface area contributed by atoms with Gasteiger partial charge in [0, 0.05) is 23.0 Å². The van der Waals surface area contributed by atoms with Crippen LogP contribution in [0.5, 0.6) is 5.75 Å². The van der Waals surface area contributed by atoms with Gasteiger partial charge in [0.05, 0.1) is 12.9 Å². The molecule has 1 unspecified atom stereocenters. The van der Waals surface area contributed by atoms with Crippen LogP contribution in [0.1, 0.15) is 22.3 Å². The van der Waals surface area contributed by atoms with Crippen molar-refractivity contribution < 1.29 is 9.53 Å². The molecular formula is C22H26ClN3O2S. The Labute approximate surface area is 181 Å². The summed E-state index contributed by atoms with van der Waals surface area (Å²) in [5.74, 6) is 0.758. The summed E-state index contributed by atoms with van der Waals surface area (Å²) in [6.07, 6.45) is 8.99. The first kappa shape index (κ1) is 23.0. The third-order valence-corrected chi connectivity index (χ3v) is 5.08. The molecule has 1 heterocycles. The van der Waals surface area contributed by atoms with Crippen molar-refractivity contribution in [3.05, 3.63) is 83.4 Å². The second-order valence-electron chi connectivity index (χ2n) is 6.18. The van der Waals surface area contributed by atoms with Crippen LogP contribution in [0.3, 0.4) is 0 Å². The first-order chi connectivity index (χ1) is 14.1. The van der Waals surface area contributed by atoms with Crippen molar-refractivity contribution in [1.29, 1.82) is 0 Å². The van der Waals surface area contributed by atoms with Crippen LogP contribution in [-0.4, -0.2) is 34.1 Å². The van der Waals surface area contributed by atoms with Crippen molar-refractivity contribution in [2.45, 2.75) is 25.5 Å². The van der Waals surface area contributed by atoms with Crippen molar-refractivity contribution in [1.82, 2.24) is 9.55 Å².